The maximum Gasteiger partial charge on any atom is 0.260 e. The number of halogens is 1. The topological polar surface area (TPSA) is 44.8 Å². The Morgan fingerprint density at radius 3 is 2.53 bits per heavy atom. The molecule has 1 N–H and O–H groups in total. The van der Waals surface area contributed by atoms with Gasteiger partial charge in [0.05, 0.1) is 5.57 Å². The van der Waals surface area contributed by atoms with Gasteiger partial charge in [-0.05, 0) is 55.8 Å². The van der Waals surface area contributed by atoms with Crippen molar-refractivity contribution < 1.29 is 13.9 Å². The summed E-state index contributed by atoms with van der Waals surface area (Å²) in [6.07, 6.45) is -0.189. The summed E-state index contributed by atoms with van der Waals surface area (Å²) < 4.78 is 20.0. The van der Waals surface area contributed by atoms with Crippen LogP contribution in [0.15, 0.2) is 53.8 Å². The van der Waals surface area contributed by atoms with Crippen molar-refractivity contribution in [3.05, 3.63) is 76.3 Å². The van der Waals surface area contributed by atoms with Crippen molar-refractivity contribution in [1.82, 2.24) is 9.80 Å². The van der Waals surface area contributed by atoms with Gasteiger partial charge in [-0.15, -0.1) is 0 Å². The van der Waals surface area contributed by atoms with Crippen molar-refractivity contribution in [2.24, 2.45) is 0 Å². The van der Waals surface area contributed by atoms with E-state index in [0.29, 0.717) is 22.6 Å². The molecule has 1 fully saturated rings. The average Bonchev–Trinajstić information content (AvgIpc) is 3.24. The molecule has 1 unspecified atom stereocenters. The van der Waals surface area contributed by atoms with Crippen LogP contribution in [-0.2, 0) is 16.1 Å². The molecule has 0 aromatic heterocycles. The molecule has 2 aromatic carbocycles. The Bertz CT molecular complexity index is 1130. The Labute approximate surface area is 188 Å². The zero-order valence-electron chi connectivity index (χ0n) is 18.7. The van der Waals surface area contributed by atoms with Crippen LogP contribution < -0.4 is 5.32 Å². The van der Waals surface area contributed by atoms with Crippen molar-refractivity contribution in [2.75, 3.05) is 38.5 Å². The second-order valence-corrected chi connectivity index (χ2v) is 8.92. The number of hydrogen-bond donors (Lipinski definition) is 1. The molecule has 32 heavy (non-hydrogen) atoms. The van der Waals surface area contributed by atoms with Crippen molar-refractivity contribution in [3.63, 3.8) is 0 Å². The fourth-order valence-corrected chi connectivity index (χ4v) is 4.87. The van der Waals surface area contributed by atoms with E-state index in [1.54, 1.807) is 6.07 Å². The number of allylic oxidation sites excluding steroid dienone is 1. The third-order valence-electron chi connectivity index (χ3n) is 6.67. The summed E-state index contributed by atoms with van der Waals surface area (Å²) in [5.41, 5.74) is 5.95. The molecular weight excluding hydrogens is 405 g/mol. The van der Waals surface area contributed by atoms with E-state index < -0.39 is 0 Å². The van der Waals surface area contributed by atoms with Gasteiger partial charge in [0.2, 0.25) is 0 Å². The molecule has 0 spiro atoms. The molecule has 166 valence electrons. The van der Waals surface area contributed by atoms with Crippen LogP contribution in [0.2, 0.25) is 0 Å². The summed E-state index contributed by atoms with van der Waals surface area (Å²) in [4.78, 5) is 17.5. The molecule has 3 heterocycles. The van der Waals surface area contributed by atoms with Gasteiger partial charge in [-0.25, -0.2) is 4.39 Å². The monoisotopic (exact) mass is 433 g/mol. The molecular formula is C26H28FN3O2. The molecule has 1 amide bonds. The minimum absolute atomic E-state index is 0.189. The molecule has 0 saturated carbocycles. The van der Waals surface area contributed by atoms with Crippen molar-refractivity contribution >= 4 is 22.7 Å². The van der Waals surface area contributed by atoms with Gasteiger partial charge in [-0.1, -0.05) is 24.3 Å². The molecule has 2 aromatic rings. The molecule has 1 saturated heterocycles. The number of piperazine rings is 1. The first kappa shape index (κ1) is 20.9. The van der Waals surface area contributed by atoms with Crippen molar-refractivity contribution in [3.8, 4) is 0 Å². The summed E-state index contributed by atoms with van der Waals surface area (Å²) >= 11 is 0. The highest BCUT2D eigenvalue weighted by Crippen LogP contribution is 2.43. The number of likely N-dealkylation sites (N-methyl/N-ethyl adjacent to an activating group) is 1. The summed E-state index contributed by atoms with van der Waals surface area (Å²) in [6, 6.07) is 13.0. The maximum absolute atomic E-state index is 13.9. The highest BCUT2D eigenvalue weighted by atomic mass is 19.1. The van der Waals surface area contributed by atoms with Crippen molar-refractivity contribution in [2.45, 2.75) is 26.5 Å². The van der Waals surface area contributed by atoms with Crippen molar-refractivity contribution in [1.29, 1.82) is 0 Å². The number of amides is 1. The number of benzene rings is 2. The van der Waals surface area contributed by atoms with Gasteiger partial charge in [0, 0.05) is 49.5 Å². The van der Waals surface area contributed by atoms with Crippen LogP contribution in [0.5, 0.6) is 0 Å². The predicted octanol–water partition coefficient (Wildman–Crippen LogP) is 4.13. The first-order valence-electron chi connectivity index (χ1n) is 11.1. The van der Waals surface area contributed by atoms with Crippen LogP contribution >= 0.6 is 0 Å². The summed E-state index contributed by atoms with van der Waals surface area (Å²) in [5.74, 6) is -0.0889. The number of carbonyl (C=O) groups is 1. The Hall–Kier alpha value is -2.96. The lowest BCUT2D eigenvalue weighted by Gasteiger charge is -2.32. The van der Waals surface area contributed by atoms with E-state index in [4.69, 9.17) is 4.74 Å². The standard InChI is InChI=1S/C26H28FN3O2/c1-16-23(19-6-4-18(5-7-19)15-30-12-10-29(3)11-13-30)17(2)32-25(16)24-21-14-20(27)8-9-22(21)28-26(24)31/h4-9,14,17H,10-13,15H2,1-3H3,(H,28,31). The summed E-state index contributed by atoms with van der Waals surface area (Å²) in [7, 11) is 2.17. The Balaban J connectivity index is 1.44. The van der Waals surface area contributed by atoms with E-state index in [9.17, 15) is 9.18 Å². The SMILES string of the molecule is CC1=C(c2ccc(CN3CCN(C)CC3)cc2)C(C)OC1=C1C(=O)Nc2ccc(F)cc21. The minimum atomic E-state index is -0.373. The highest BCUT2D eigenvalue weighted by molar-refractivity contribution is 6.32. The lowest BCUT2D eigenvalue weighted by molar-refractivity contribution is -0.110. The van der Waals surface area contributed by atoms with Gasteiger partial charge in [0.1, 0.15) is 17.7 Å². The van der Waals surface area contributed by atoms with E-state index >= 15 is 0 Å². The number of carbonyl (C=O) groups excluding carboxylic acids is 1. The molecule has 5 nitrogen and oxygen atoms in total. The van der Waals surface area contributed by atoms with Gasteiger partial charge < -0.3 is 15.0 Å². The van der Waals surface area contributed by atoms with E-state index in [1.807, 2.05) is 13.8 Å². The third kappa shape index (κ3) is 3.74. The largest absolute Gasteiger partial charge is 0.485 e. The Kier molecular flexibility index (Phi) is 5.35. The molecule has 5 rings (SSSR count). The Morgan fingerprint density at radius 2 is 1.81 bits per heavy atom. The van der Waals surface area contributed by atoms with Gasteiger partial charge in [-0.2, -0.15) is 0 Å². The zero-order valence-corrected chi connectivity index (χ0v) is 18.7. The highest BCUT2D eigenvalue weighted by Gasteiger charge is 2.35. The number of hydrogen-bond acceptors (Lipinski definition) is 4. The zero-order chi connectivity index (χ0) is 22.4. The van der Waals surface area contributed by atoms with Gasteiger partial charge >= 0.3 is 0 Å². The summed E-state index contributed by atoms with van der Waals surface area (Å²) in [5, 5.41) is 2.82. The number of fused-ring (bicyclic) bond motifs is 1. The second-order valence-electron chi connectivity index (χ2n) is 8.92. The van der Waals surface area contributed by atoms with Crippen LogP contribution in [-0.4, -0.2) is 55.0 Å². The first-order valence-corrected chi connectivity index (χ1v) is 11.1. The molecule has 3 aliphatic heterocycles. The smallest absolute Gasteiger partial charge is 0.260 e. The molecule has 1 atom stereocenters. The van der Waals surface area contributed by atoms with E-state index in [0.717, 1.165) is 49.4 Å². The maximum atomic E-state index is 13.9. The van der Waals surface area contributed by atoms with E-state index in [-0.39, 0.29) is 17.8 Å². The van der Waals surface area contributed by atoms with Crippen LogP contribution in [0.25, 0.3) is 11.1 Å². The average molecular weight is 434 g/mol. The molecule has 0 bridgehead atoms. The minimum Gasteiger partial charge on any atom is -0.485 e. The first-order chi connectivity index (χ1) is 15.4. The number of nitrogens with zero attached hydrogens (tertiary/aromatic N) is 2. The van der Waals surface area contributed by atoms with Gasteiger partial charge in [-0.3, -0.25) is 9.69 Å². The molecule has 6 heteroatoms. The number of nitrogens with one attached hydrogen (secondary N) is 1. The fourth-order valence-electron chi connectivity index (χ4n) is 4.87. The second kappa shape index (κ2) is 8.19. The quantitative estimate of drug-likeness (QED) is 0.740. The molecule has 3 aliphatic rings. The van der Waals surface area contributed by atoms with Gasteiger partial charge in [0.15, 0.2) is 0 Å². The van der Waals surface area contributed by atoms with Crippen LogP contribution in [0.3, 0.4) is 0 Å². The van der Waals surface area contributed by atoms with Crippen LogP contribution in [0.1, 0.15) is 30.5 Å². The molecule has 0 radical (unpaired) electrons. The van der Waals surface area contributed by atoms with Crippen LogP contribution in [0, 0.1) is 5.82 Å². The summed E-state index contributed by atoms with van der Waals surface area (Å²) in [6.45, 7) is 9.32. The van der Waals surface area contributed by atoms with E-state index in [1.165, 1.54) is 17.7 Å². The lowest BCUT2D eigenvalue weighted by atomic mass is 9.95. The number of anilines is 1. The number of ether oxygens (including phenoxy) is 1. The third-order valence-corrected chi connectivity index (χ3v) is 6.67. The fraction of sp³-hybridized carbons (Fsp3) is 0.346. The molecule has 0 aliphatic carbocycles. The van der Waals surface area contributed by atoms with E-state index in [2.05, 4.69) is 46.4 Å². The van der Waals surface area contributed by atoms with Gasteiger partial charge in [0.25, 0.3) is 5.91 Å². The lowest BCUT2D eigenvalue weighted by Crippen LogP contribution is -2.43. The predicted molar refractivity (Wildman–Crippen MR) is 124 cm³/mol. The number of rotatable bonds is 3. The van der Waals surface area contributed by atoms with Crippen LogP contribution in [0.4, 0.5) is 10.1 Å². The normalized spacial score (nSPS) is 24.0. The Morgan fingerprint density at radius 1 is 1.09 bits per heavy atom.